The summed E-state index contributed by atoms with van der Waals surface area (Å²) < 4.78 is 4.91. The molecule has 0 saturated carbocycles. The molecule has 0 aromatic rings. The standard InChI is InChI=1S/C22H33N3O6/c1-6-16(26)9-8-10-19(28)25-17(11-14(3)13-24-5)21(29)15(4)20(18(27)12-23)22(30)31-7-2/h13,15,17-18,20,27H,5-11H2,1-4H3,(H,25,28). The van der Waals surface area contributed by atoms with E-state index in [0.29, 0.717) is 18.4 Å². The molecule has 0 aliphatic rings. The van der Waals surface area contributed by atoms with Gasteiger partial charge in [-0.25, -0.2) is 0 Å². The van der Waals surface area contributed by atoms with Crippen LogP contribution in [0.4, 0.5) is 0 Å². The normalized spacial score (nSPS) is 15.0. The summed E-state index contributed by atoms with van der Waals surface area (Å²) in [6, 6.07) is 0.564. The number of nitriles is 1. The molecule has 0 spiro atoms. The molecule has 0 rings (SSSR count). The van der Waals surface area contributed by atoms with Crippen LogP contribution in [0.3, 0.4) is 0 Å². The van der Waals surface area contributed by atoms with E-state index >= 15 is 0 Å². The lowest BCUT2D eigenvalue weighted by atomic mass is 9.82. The van der Waals surface area contributed by atoms with Gasteiger partial charge in [-0.3, -0.25) is 24.2 Å². The predicted octanol–water partition coefficient (Wildman–Crippen LogP) is 1.88. The Kier molecular flexibility index (Phi) is 13.6. The maximum Gasteiger partial charge on any atom is 0.313 e. The fourth-order valence-electron chi connectivity index (χ4n) is 3.06. The number of carbonyl (C=O) groups is 4. The third-order valence-electron chi connectivity index (χ3n) is 4.79. The van der Waals surface area contributed by atoms with E-state index in [4.69, 9.17) is 10.00 Å². The molecule has 0 aromatic heterocycles. The van der Waals surface area contributed by atoms with Crippen molar-refractivity contribution in [1.82, 2.24) is 5.32 Å². The summed E-state index contributed by atoms with van der Waals surface area (Å²) in [4.78, 5) is 52.8. The molecule has 31 heavy (non-hydrogen) atoms. The Hall–Kier alpha value is -2.86. The van der Waals surface area contributed by atoms with Crippen LogP contribution in [-0.4, -0.2) is 54.0 Å². The number of aliphatic imine (C=N–C) groups is 1. The SMILES string of the molecule is C=NC=C(C)CC(NC(=O)CCCC(=O)CC)C(=O)C(C)C(C(=O)OCC)C(O)C#N. The minimum Gasteiger partial charge on any atom is -0.466 e. The third kappa shape index (κ3) is 10.1. The summed E-state index contributed by atoms with van der Waals surface area (Å²) in [6.07, 6.45) is 0.919. The first-order valence-electron chi connectivity index (χ1n) is 10.3. The molecular weight excluding hydrogens is 402 g/mol. The Morgan fingerprint density at radius 1 is 1.26 bits per heavy atom. The van der Waals surface area contributed by atoms with Crippen molar-refractivity contribution in [3.63, 3.8) is 0 Å². The number of ketones is 2. The Balaban J connectivity index is 5.55. The minimum absolute atomic E-state index is 0.0257. The largest absolute Gasteiger partial charge is 0.466 e. The molecule has 0 aliphatic heterocycles. The number of rotatable bonds is 15. The van der Waals surface area contributed by atoms with Crippen molar-refractivity contribution >= 4 is 30.2 Å². The summed E-state index contributed by atoms with van der Waals surface area (Å²) >= 11 is 0. The van der Waals surface area contributed by atoms with Crippen molar-refractivity contribution in [1.29, 1.82) is 5.26 Å². The molecule has 2 N–H and O–H groups in total. The fourth-order valence-corrected chi connectivity index (χ4v) is 3.06. The number of Topliss-reactive ketones (excluding diaryl/α,β-unsaturated/α-hetero) is 2. The van der Waals surface area contributed by atoms with Crippen LogP contribution < -0.4 is 5.32 Å². The van der Waals surface area contributed by atoms with Gasteiger partial charge in [0.2, 0.25) is 5.91 Å². The van der Waals surface area contributed by atoms with Crippen molar-refractivity contribution in [2.24, 2.45) is 16.8 Å². The zero-order valence-electron chi connectivity index (χ0n) is 18.7. The molecule has 4 unspecified atom stereocenters. The summed E-state index contributed by atoms with van der Waals surface area (Å²) in [5.41, 5.74) is 0.663. The summed E-state index contributed by atoms with van der Waals surface area (Å²) in [5, 5.41) is 21.7. The van der Waals surface area contributed by atoms with Gasteiger partial charge in [-0.2, -0.15) is 5.26 Å². The topological polar surface area (TPSA) is 146 Å². The average Bonchev–Trinajstić information content (AvgIpc) is 2.72. The van der Waals surface area contributed by atoms with E-state index in [-0.39, 0.29) is 31.7 Å². The van der Waals surface area contributed by atoms with Crippen LogP contribution in [0.25, 0.3) is 0 Å². The molecule has 172 valence electrons. The highest BCUT2D eigenvalue weighted by atomic mass is 16.5. The number of amides is 1. The van der Waals surface area contributed by atoms with E-state index < -0.39 is 41.6 Å². The maximum absolute atomic E-state index is 13.1. The van der Waals surface area contributed by atoms with Crippen LogP contribution in [0.2, 0.25) is 0 Å². The summed E-state index contributed by atoms with van der Waals surface area (Å²) in [7, 11) is 0. The average molecular weight is 436 g/mol. The number of aliphatic hydroxyl groups excluding tert-OH is 1. The molecule has 9 nitrogen and oxygen atoms in total. The van der Waals surface area contributed by atoms with Crippen LogP contribution in [0.5, 0.6) is 0 Å². The number of hydrogen-bond acceptors (Lipinski definition) is 8. The second-order valence-electron chi connectivity index (χ2n) is 7.27. The number of esters is 1. The van der Waals surface area contributed by atoms with Gasteiger partial charge in [-0.1, -0.05) is 19.4 Å². The monoisotopic (exact) mass is 435 g/mol. The van der Waals surface area contributed by atoms with Gasteiger partial charge in [0, 0.05) is 31.4 Å². The van der Waals surface area contributed by atoms with Crippen molar-refractivity contribution in [3.8, 4) is 6.07 Å². The summed E-state index contributed by atoms with van der Waals surface area (Å²) in [6.45, 7) is 9.82. The predicted molar refractivity (Wildman–Crippen MR) is 115 cm³/mol. The fraction of sp³-hybridized carbons (Fsp3) is 0.636. The first-order chi connectivity index (χ1) is 14.6. The second-order valence-corrected chi connectivity index (χ2v) is 7.27. The lowest BCUT2D eigenvalue weighted by Crippen LogP contribution is -2.47. The number of nitrogens with zero attached hydrogens (tertiary/aromatic N) is 2. The van der Waals surface area contributed by atoms with Crippen LogP contribution in [0, 0.1) is 23.2 Å². The Morgan fingerprint density at radius 3 is 2.42 bits per heavy atom. The Labute approximate surface area is 183 Å². The zero-order valence-corrected chi connectivity index (χ0v) is 18.7. The molecule has 0 aromatic carbocycles. The second kappa shape index (κ2) is 15.0. The number of hydrogen-bond donors (Lipinski definition) is 2. The van der Waals surface area contributed by atoms with Crippen molar-refractivity contribution in [3.05, 3.63) is 11.8 Å². The van der Waals surface area contributed by atoms with E-state index in [1.165, 1.54) is 13.1 Å². The molecule has 0 heterocycles. The highest BCUT2D eigenvalue weighted by Crippen LogP contribution is 2.22. The van der Waals surface area contributed by atoms with Crippen LogP contribution in [0.1, 0.15) is 59.8 Å². The van der Waals surface area contributed by atoms with E-state index in [1.807, 2.05) is 0 Å². The lowest BCUT2D eigenvalue weighted by molar-refractivity contribution is -0.155. The van der Waals surface area contributed by atoms with Crippen molar-refractivity contribution in [2.75, 3.05) is 6.61 Å². The highest BCUT2D eigenvalue weighted by molar-refractivity contribution is 5.93. The van der Waals surface area contributed by atoms with Gasteiger partial charge in [0.05, 0.1) is 18.7 Å². The van der Waals surface area contributed by atoms with E-state index in [9.17, 15) is 24.3 Å². The van der Waals surface area contributed by atoms with Gasteiger partial charge in [0.25, 0.3) is 0 Å². The molecule has 1 amide bonds. The first-order valence-corrected chi connectivity index (χ1v) is 10.3. The molecule has 0 radical (unpaired) electrons. The van der Waals surface area contributed by atoms with Crippen molar-refractivity contribution < 1.29 is 29.0 Å². The molecule has 4 atom stereocenters. The third-order valence-corrected chi connectivity index (χ3v) is 4.79. The van der Waals surface area contributed by atoms with Gasteiger partial charge in [0.1, 0.15) is 11.7 Å². The Bertz CT molecular complexity index is 725. The molecule has 0 bridgehead atoms. The molecule has 0 saturated heterocycles. The van der Waals surface area contributed by atoms with Gasteiger partial charge < -0.3 is 15.2 Å². The number of ether oxygens (including phenoxy) is 1. The zero-order chi connectivity index (χ0) is 24.0. The molecule has 0 fully saturated rings. The van der Waals surface area contributed by atoms with E-state index in [0.717, 1.165) is 0 Å². The number of nitrogens with one attached hydrogen (secondary N) is 1. The van der Waals surface area contributed by atoms with Gasteiger partial charge in [-0.15, -0.1) is 0 Å². The van der Waals surface area contributed by atoms with Gasteiger partial charge in [0.15, 0.2) is 11.9 Å². The van der Waals surface area contributed by atoms with Crippen LogP contribution >= 0.6 is 0 Å². The van der Waals surface area contributed by atoms with Crippen molar-refractivity contribution in [2.45, 2.75) is 71.9 Å². The Morgan fingerprint density at radius 2 is 1.90 bits per heavy atom. The number of aliphatic hydroxyl groups is 1. The lowest BCUT2D eigenvalue weighted by Gasteiger charge is -2.27. The quantitative estimate of drug-likeness (QED) is 0.227. The molecule has 0 aliphatic carbocycles. The molecular formula is C22H33N3O6. The number of carbonyl (C=O) groups excluding carboxylic acids is 4. The highest BCUT2D eigenvalue weighted by Gasteiger charge is 2.40. The van der Waals surface area contributed by atoms with Gasteiger partial charge >= 0.3 is 5.97 Å². The maximum atomic E-state index is 13.1. The minimum atomic E-state index is -1.74. The first kappa shape index (κ1) is 28.1. The smallest absolute Gasteiger partial charge is 0.313 e. The van der Waals surface area contributed by atoms with Crippen LogP contribution in [-0.2, 0) is 23.9 Å². The van der Waals surface area contributed by atoms with Gasteiger partial charge in [-0.05, 0) is 33.4 Å². The van der Waals surface area contributed by atoms with Crippen LogP contribution in [0.15, 0.2) is 16.8 Å². The summed E-state index contributed by atoms with van der Waals surface area (Å²) in [5.74, 6) is -4.23. The molecule has 9 heteroatoms. The van der Waals surface area contributed by atoms with E-state index in [2.05, 4.69) is 17.0 Å². The van der Waals surface area contributed by atoms with E-state index in [1.54, 1.807) is 26.8 Å².